The van der Waals surface area contributed by atoms with E-state index in [4.69, 9.17) is 4.74 Å². The Hall–Kier alpha value is -1.45. The first-order valence-electron chi connectivity index (χ1n) is 13.7. The average molecular weight is 467 g/mol. The standard InChI is InChI=1S/C30H42O4/c1-16-22-19(34-25(16)33)15-27(4)12-13-29(6)17(23(22)27)8-9-20-28(5)11-10-21(32)26(2,3)24(28)18(31)14-30(20,29)7/h17,19-20,22-24H,1,8-15H2,2-7H3/t17-,19+,20+,22+,23+,24-,27-,28+,29+,30+/m0/s1. The first-order valence-corrected chi connectivity index (χ1v) is 13.7. The summed E-state index contributed by atoms with van der Waals surface area (Å²) in [6, 6.07) is 0. The second-order valence-electron chi connectivity index (χ2n) is 14.7. The van der Waals surface area contributed by atoms with Gasteiger partial charge in [0.15, 0.2) is 0 Å². The Bertz CT molecular complexity index is 1020. The zero-order valence-electron chi connectivity index (χ0n) is 22.0. The van der Waals surface area contributed by atoms with Gasteiger partial charge in [-0.05, 0) is 77.9 Å². The van der Waals surface area contributed by atoms with Crippen LogP contribution < -0.4 is 0 Å². The van der Waals surface area contributed by atoms with Gasteiger partial charge in [-0.2, -0.15) is 0 Å². The Morgan fingerprint density at radius 1 is 0.912 bits per heavy atom. The van der Waals surface area contributed by atoms with Crippen molar-refractivity contribution in [3.8, 4) is 0 Å². The van der Waals surface area contributed by atoms with Gasteiger partial charge in [-0.3, -0.25) is 9.59 Å². The second kappa shape index (κ2) is 6.45. The molecule has 5 saturated carbocycles. The van der Waals surface area contributed by atoms with Crippen LogP contribution >= 0.6 is 0 Å². The van der Waals surface area contributed by atoms with Gasteiger partial charge in [0.05, 0.1) is 0 Å². The summed E-state index contributed by atoms with van der Waals surface area (Å²) < 4.78 is 5.81. The third-order valence-electron chi connectivity index (χ3n) is 13.1. The highest BCUT2D eigenvalue weighted by Gasteiger charge is 2.73. The smallest absolute Gasteiger partial charge is 0.334 e. The SMILES string of the molecule is C=C1C(=O)O[C@@H]2C[C@]3(C)CC[C@]4(C)[C@@H](CC[C@@H]5[C@@]6(C)CCC(=O)C(C)(C)[C@@H]6C(=O)C[C@]54C)[C@@H]3[C@H]12. The van der Waals surface area contributed by atoms with Crippen molar-refractivity contribution < 1.29 is 19.1 Å². The summed E-state index contributed by atoms with van der Waals surface area (Å²) in [7, 11) is 0. The summed E-state index contributed by atoms with van der Waals surface area (Å²) in [5.74, 6) is 1.69. The molecule has 0 aromatic heterocycles. The third-order valence-corrected chi connectivity index (χ3v) is 13.1. The predicted octanol–water partition coefficient (Wildman–Crippen LogP) is 5.93. The number of carbonyl (C=O) groups excluding carboxylic acids is 3. The zero-order chi connectivity index (χ0) is 24.6. The van der Waals surface area contributed by atoms with Crippen LogP contribution in [0.4, 0.5) is 0 Å². The summed E-state index contributed by atoms with van der Waals surface area (Å²) in [6.45, 7) is 17.9. The second-order valence-corrected chi connectivity index (χ2v) is 14.7. The lowest BCUT2D eigenvalue weighted by Crippen LogP contribution is -2.68. The van der Waals surface area contributed by atoms with E-state index in [1.54, 1.807) is 0 Å². The van der Waals surface area contributed by atoms with E-state index in [2.05, 4.69) is 34.3 Å². The maximum atomic E-state index is 14.0. The van der Waals surface area contributed by atoms with Crippen molar-refractivity contribution in [2.75, 3.05) is 0 Å². The number of Topliss-reactive ketones (excluding diaryl/α,β-unsaturated/α-hetero) is 2. The molecule has 1 saturated heterocycles. The minimum atomic E-state index is -0.563. The van der Waals surface area contributed by atoms with Crippen LogP contribution in [0.2, 0.25) is 0 Å². The Labute approximate surface area is 204 Å². The lowest BCUT2D eigenvalue weighted by atomic mass is 9.32. The van der Waals surface area contributed by atoms with Gasteiger partial charge in [-0.1, -0.05) is 48.1 Å². The summed E-state index contributed by atoms with van der Waals surface area (Å²) in [6.07, 6.45) is 7.50. The Morgan fingerprint density at radius 2 is 1.62 bits per heavy atom. The van der Waals surface area contributed by atoms with E-state index in [1.807, 2.05) is 13.8 Å². The van der Waals surface area contributed by atoms with Gasteiger partial charge in [0, 0.05) is 35.7 Å². The van der Waals surface area contributed by atoms with Gasteiger partial charge < -0.3 is 4.74 Å². The number of carbonyl (C=O) groups is 3. The Morgan fingerprint density at radius 3 is 2.32 bits per heavy atom. The average Bonchev–Trinajstić information content (AvgIpc) is 3.16. The number of fused-ring (bicyclic) bond motifs is 9. The molecule has 10 atom stereocenters. The van der Waals surface area contributed by atoms with Gasteiger partial charge in [0.25, 0.3) is 0 Å². The molecule has 1 heterocycles. The molecule has 0 N–H and O–H groups in total. The zero-order valence-corrected chi connectivity index (χ0v) is 22.0. The summed E-state index contributed by atoms with van der Waals surface area (Å²) in [5, 5.41) is 0. The van der Waals surface area contributed by atoms with E-state index in [0.717, 1.165) is 38.5 Å². The van der Waals surface area contributed by atoms with Crippen LogP contribution in [0.5, 0.6) is 0 Å². The molecule has 0 aromatic carbocycles. The molecule has 34 heavy (non-hydrogen) atoms. The lowest BCUT2D eigenvalue weighted by molar-refractivity contribution is -0.226. The van der Waals surface area contributed by atoms with Crippen LogP contribution in [-0.2, 0) is 19.1 Å². The van der Waals surface area contributed by atoms with Gasteiger partial charge >= 0.3 is 5.97 Å². The largest absolute Gasteiger partial charge is 0.458 e. The molecule has 0 spiro atoms. The van der Waals surface area contributed by atoms with Crippen LogP contribution in [-0.4, -0.2) is 23.6 Å². The fraction of sp³-hybridized carbons (Fsp3) is 0.833. The highest BCUT2D eigenvalue weighted by molar-refractivity contribution is 5.95. The van der Waals surface area contributed by atoms with Crippen molar-refractivity contribution >= 4 is 17.5 Å². The topological polar surface area (TPSA) is 60.4 Å². The molecule has 6 rings (SSSR count). The number of hydrogen-bond donors (Lipinski definition) is 0. The maximum absolute atomic E-state index is 14.0. The number of hydrogen-bond acceptors (Lipinski definition) is 4. The van der Waals surface area contributed by atoms with Crippen LogP contribution in [0.1, 0.15) is 92.9 Å². The van der Waals surface area contributed by atoms with Crippen molar-refractivity contribution in [1.82, 2.24) is 0 Å². The van der Waals surface area contributed by atoms with E-state index >= 15 is 0 Å². The molecule has 4 nitrogen and oxygen atoms in total. The molecule has 6 aliphatic rings. The summed E-state index contributed by atoms with van der Waals surface area (Å²) >= 11 is 0. The number of esters is 1. The molecule has 0 aromatic rings. The Kier molecular flexibility index (Phi) is 4.36. The first kappa shape index (κ1) is 23.0. The number of rotatable bonds is 0. The highest BCUT2D eigenvalue weighted by atomic mass is 16.6. The third kappa shape index (κ3) is 2.39. The van der Waals surface area contributed by atoms with E-state index in [9.17, 15) is 14.4 Å². The number of ketones is 2. The van der Waals surface area contributed by atoms with Gasteiger partial charge in [-0.25, -0.2) is 4.79 Å². The van der Waals surface area contributed by atoms with Crippen molar-refractivity contribution in [2.45, 2.75) is 99.0 Å². The molecule has 0 radical (unpaired) electrons. The molecule has 0 bridgehead atoms. The minimum Gasteiger partial charge on any atom is -0.458 e. The van der Waals surface area contributed by atoms with Crippen LogP contribution in [0, 0.1) is 56.7 Å². The quantitative estimate of drug-likeness (QED) is 0.328. The fourth-order valence-corrected chi connectivity index (χ4v) is 11.5. The van der Waals surface area contributed by atoms with Crippen molar-refractivity contribution in [1.29, 1.82) is 0 Å². The molecule has 6 fully saturated rings. The van der Waals surface area contributed by atoms with E-state index in [1.165, 1.54) is 0 Å². The lowest BCUT2D eigenvalue weighted by Gasteiger charge is -2.71. The molecule has 0 amide bonds. The minimum absolute atomic E-state index is 0.0112. The molecule has 1 aliphatic heterocycles. The molecule has 4 heteroatoms. The predicted molar refractivity (Wildman–Crippen MR) is 130 cm³/mol. The fourth-order valence-electron chi connectivity index (χ4n) is 11.5. The molecular weight excluding hydrogens is 424 g/mol. The van der Waals surface area contributed by atoms with Crippen LogP contribution in [0.25, 0.3) is 0 Å². The van der Waals surface area contributed by atoms with Gasteiger partial charge in [0.2, 0.25) is 0 Å². The molecule has 186 valence electrons. The van der Waals surface area contributed by atoms with Crippen molar-refractivity contribution in [3.63, 3.8) is 0 Å². The van der Waals surface area contributed by atoms with Gasteiger partial charge in [0.1, 0.15) is 17.7 Å². The van der Waals surface area contributed by atoms with Crippen molar-refractivity contribution in [2.24, 2.45) is 56.7 Å². The molecule has 0 unspecified atom stereocenters. The Balaban J connectivity index is 1.43. The summed E-state index contributed by atoms with van der Waals surface area (Å²) in [5.41, 5.74) is 0.136. The molecule has 5 aliphatic carbocycles. The monoisotopic (exact) mass is 466 g/mol. The van der Waals surface area contributed by atoms with E-state index in [-0.39, 0.29) is 51.4 Å². The van der Waals surface area contributed by atoms with E-state index in [0.29, 0.717) is 42.0 Å². The first-order chi connectivity index (χ1) is 15.7. The number of ether oxygens (including phenoxy) is 1. The highest BCUT2D eigenvalue weighted by Crippen LogP contribution is 2.77. The molecular formula is C30H42O4. The van der Waals surface area contributed by atoms with Crippen LogP contribution in [0.3, 0.4) is 0 Å². The van der Waals surface area contributed by atoms with Crippen LogP contribution in [0.15, 0.2) is 12.2 Å². The van der Waals surface area contributed by atoms with Crippen molar-refractivity contribution in [3.05, 3.63) is 12.2 Å². The van der Waals surface area contributed by atoms with E-state index < -0.39 is 5.41 Å². The summed E-state index contributed by atoms with van der Waals surface area (Å²) in [4.78, 5) is 39.4. The normalized spacial score (nSPS) is 55.6. The maximum Gasteiger partial charge on any atom is 0.334 e. The van der Waals surface area contributed by atoms with Gasteiger partial charge in [-0.15, -0.1) is 0 Å².